The third-order valence-electron chi connectivity index (χ3n) is 10.9. The fraction of sp³-hybridized carbons (Fsp3) is 0. The molecule has 0 saturated heterocycles. The van der Waals surface area contributed by atoms with Gasteiger partial charge in [0.25, 0.3) is 0 Å². The van der Waals surface area contributed by atoms with E-state index in [0.717, 1.165) is 38.6 Å². The van der Waals surface area contributed by atoms with Crippen LogP contribution in [0.4, 0.5) is 0 Å². The maximum atomic E-state index is 6.36. The van der Waals surface area contributed by atoms with Crippen LogP contribution in [0.2, 0.25) is 0 Å². The number of rotatable bonds is 5. The zero-order valence-electron chi connectivity index (χ0n) is 30.3. The third kappa shape index (κ3) is 5.22. The van der Waals surface area contributed by atoms with Gasteiger partial charge in [0.1, 0.15) is 11.2 Å². The van der Waals surface area contributed by atoms with Gasteiger partial charge in [-0.2, -0.15) is 0 Å². The minimum Gasteiger partial charge on any atom is -0.456 e. The summed E-state index contributed by atoms with van der Waals surface area (Å²) < 4.78 is 11.4. The van der Waals surface area contributed by atoms with E-state index in [-0.39, 0.29) is 0 Å². The van der Waals surface area contributed by atoms with Gasteiger partial charge in [0.05, 0.1) is 0 Å². The lowest BCUT2D eigenvalue weighted by Gasteiger charge is -2.12. The normalized spacial score (nSPS) is 11.9. The van der Waals surface area contributed by atoms with Crippen molar-refractivity contribution in [3.05, 3.63) is 176 Å². The molecule has 6 heteroatoms. The van der Waals surface area contributed by atoms with E-state index in [1.165, 1.54) is 62.6 Å². The lowest BCUT2D eigenvalue weighted by Crippen LogP contribution is -1.99. The van der Waals surface area contributed by atoms with Gasteiger partial charge < -0.3 is 4.42 Å². The number of hydrogen-bond donors (Lipinski definition) is 0. The Morgan fingerprint density at radius 3 is 1.75 bits per heavy atom. The van der Waals surface area contributed by atoms with Gasteiger partial charge in [0.2, 0.25) is 0 Å². The van der Waals surface area contributed by atoms with Crippen molar-refractivity contribution in [1.82, 2.24) is 15.0 Å². The van der Waals surface area contributed by atoms with Crippen LogP contribution in [0.1, 0.15) is 0 Å². The number of benzene rings is 8. The molecule has 0 bridgehead atoms. The van der Waals surface area contributed by atoms with Crippen molar-refractivity contribution < 1.29 is 4.42 Å². The lowest BCUT2D eigenvalue weighted by molar-refractivity contribution is 0.669. The van der Waals surface area contributed by atoms with Gasteiger partial charge in [-0.3, -0.25) is 0 Å². The molecule has 266 valence electrons. The monoisotopic (exact) mass is 763 g/mol. The molecule has 8 aromatic carbocycles. The summed E-state index contributed by atoms with van der Waals surface area (Å²) in [5.74, 6) is 1.97. The minimum atomic E-state index is 0.655. The number of nitrogens with zero attached hydrogens (tertiary/aromatic N) is 3. The molecule has 0 aliphatic carbocycles. The highest BCUT2D eigenvalue weighted by Crippen LogP contribution is 2.48. The third-order valence-corrected chi connectivity index (χ3v) is 13.3. The predicted molar refractivity (Wildman–Crippen MR) is 240 cm³/mol. The van der Waals surface area contributed by atoms with Crippen LogP contribution in [0.3, 0.4) is 0 Å². The molecular formula is C51H29N3OS2. The van der Waals surface area contributed by atoms with Crippen LogP contribution in [0.25, 0.3) is 119 Å². The van der Waals surface area contributed by atoms with E-state index in [1.807, 2.05) is 89.4 Å². The molecule has 0 saturated carbocycles. The van der Waals surface area contributed by atoms with Crippen LogP contribution in [0.15, 0.2) is 180 Å². The van der Waals surface area contributed by atoms with E-state index in [2.05, 4.69) is 109 Å². The summed E-state index contributed by atoms with van der Waals surface area (Å²) in [6.07, 6.45) is 0. The van der Waals surface area contributed by atoms with Gasteiger partial charge in [-0.25, -0.2) is 15.0 Å². The Morgan fingerprint density at radius 2 is 0.965 bits per heavy atom. The summed E-state index contributed by atoms with van der Waals surface area (Å²) in [6.45, 7) is 0. The molecule has 4 nitrogen and oxygen atoms in total. The maximum Gasteiger partial charge on any atom is 0.164 e. The van der Waals surface area contributed by atoms with Crippen molar-refractivity contribution in [2.24, 2.45) is 0 Å². The van der Waals surface area contributed by atoms with Crippen molar-refractivity contribution >= 4 is 85.0 Å². The predicted octanol–water partition coefficient (Wildman–Crippen LogP) is 14.8. The Kier molecular flexibility index (Phi) is 7.24. The highest BCUT2D eigenvalue weighted by Gasteiger charge is 2.20. The second-order valence-corrected chi connectivity index (χ2v) is 16.4. The van der Waals surface area contributed by atoms with Gasteiger partial charge in [0, 0.05) is 73.4 Å². The summed E-state index contributed by atoms with van der Waals surface area (Å²) in [5.41, 5.74) is 9.49. The Labute approximate surface area is 335 Å². The number of para-hydroxylation sites is 1. The fourth-order valence-corrected chi connectivity index (χ4v) is 10.7. The zero-order valence-corrected chi connectivity index (χ0v) is 31.9. The van der Waals surface area contributed by atoms with Gasteiger partial charge in [-0.05, 0) is 59.2 Å². The van der Waals surface area contributed by atoms with Crippen molar-refractivity contribution in [2.45, 2.75) is 0 Å². The molecular weight excluding hydrogens is 735 g/mol. The largest absolute Gasteiger partial charge is 0.456 e. The van der Waals surface area contributed by atoms with E-state index >= 15 is 0 Å². The summed E-state index contributed by atoms with van der Waals surface area (Å²) in [5, 5.41) is 7.31. The molecule has 4 heterocycles. The topological polar surface area (TPSA) is 51.8 Å². The first kappa shape index (κ1) is 32.3. The smallest absolute Gasteiger partial charge is 0.164 e. The molecule has 0 atom stereocenters. The standard InChI is InChI=1S/C51H29N3OS2/c1-3-13-30(14-4-1)49-52-50(31-15-5-2-6-16-31)54-51(53-49)32-25-26-38-45(29-32)56-44-24-12-20-36(47(38)44)40-28-33(27-39-35-17-8-10-23-43(35)57-48(39)40)34-19-11-22-42-46(34)37-18-7-9-21-41(37)55-42/h1-29H. The first-order chi connectivity index (χ1) is 28.2. The van der Waals surface area contributed by atoms with Crippen molar-refractivity contribution in [2.75, 3.05) is 0 Å². The molecule has 0 fully saturated rings. The molecule has 0 aliphatic rings. The van der Waals surface area contributed by atoms with E-state index in [1.54, 1.807) is 0 Å². The summed E-state index contributed by atoms with van der Waals surface area (Å²) in [4.78, 5) is 15.0. The van der Waals surface area contributed by atoms with E-state index in [0.29, 0.717) is 17.5 Å². The molecule has 0 amide bonds. The SMILES string of the molecule is c1ccc(-c2nc(-c3ccccc3)nc(-c3ccc4c(c3)sc3cccc(-c5cc(-c6cccc7oc8ccccc8c67)cc6c5sc5ccccc56)c34)n2)cc1. The molecule has 0 radical (unpaired) electrons. The summed E-state index contributed by atoms with van der Waals surface area (Å²) >= 11 is 3.69. The highest BCUT2D eigenvalue weighted by atomic mass is 32.1. The van der Waals surface area contributed by atoms with Gasteiger partial charge in [-0.15, -0.1) is 22.7 Å². The Morgan fingerprint density at radius 1 is 0.333 bits per heavy atom. The zero-order chi connectivity index (χ0) is 37.5. The van der Waals surface area contributed by atoms with Crippen molar-refractivity contribution in [3.8, 4) is 56.4 Å². The number of fused-ring (bicyclic) bond motifs is 9. The summed E-state index contributed by atoms with van der Waals surface area (Å²) in [7, 11) is 0. The Bertz CT molecular complexity index is 3470. The molecule has 0 spiro atoms. The van der Waals surface area contributed by atoms with Gasteiger partial charge in [-0.1, -0.05) is 133 Å². The molecule has 0 unspecified atom stereocenters. The quantitative estimate of drug-likeness (QED) is 0.175. The molecule has 57 heavy (non-hydrogen) atoms. The van der Waals surface area contributed by atoms with Crippen LogP contribution in [0, 0.1) is 0 Å². The summed E-state index contributed by atoms with van der Waals surface area (Å²) in [6, 6.07) is 62.0. The minimum absolute atomic E-state index is 0.655. The first-order valence-electron chi connectivity index (χ1n) is 18.9. The first-order valence-corrected chi connectivity index (χ1v) is 20.6. The van der Waals surface area contributed by atoms with Gasteiger partial charge >= 0.3 is 0 Å². The Hall–Kier alpha value is -6.99. The van der Waals surface area contributed by atoms with E-state index in [9.17, 15) is 0 Å². The second kappa shape index (κ2) is 12.8. The fourth-order valence-electron chi connectivity index (χ4n) is 8.32. The lowest BCUT2D eigenvalue weighted by atomic mass is 9.92. The number of furan rings is 1. The molecule has 12 aromatic rings. The Balaban J connectivity index is 1.07. The molecule has 0 aliphatic heterocycles. The van der Waals surface area contributed by atoms with Crippen molar-refractivity contribution in [3.63, 3.8) is 0 Å². The molecule has 4 aromatic heterocycles. The van der Waals surface area contributed by atoms with Crippen LogP contribution < -0.4 is 0 Å². The number of thiophene rings is 2. The maximum absolute atomic E-state index is 6.36. The average molecular weight is 764 g/mol. The molecule has 12 rings (SSSR count). The van der Waals surface area contributed by atoms with Crippen LogP contribution in [-0.2, 0) is 0 Å². The van der Waals surface area contributed by atoms with Gasteiger partial charge in [0.15, 0.2) is 17.5 Å². The average Bonchev–Trinajstić information content (AvgIpc) is 3.97. The van der Waals surface area contributed by atoms with Crippen molar-refractivity contribution in [1.29, 1.82) is 0 Å². The second-order valence-electron chi connectivity index (χ2n) is 14.3. The number of aromatic nitrogens is 3. The molecule has 0 N–H and O–H groups in total. The van der Waals surface area contributed by atoms with E-state index in [4.69, 9.17) is 19.4 Å². The van der Waals surface area contributed by atoms with Crippen LogP contribution >= 0.6 is 22.7 Å². The highest BCUT2D eigenvalue weighted by molar-refractivity contribution is 7.27. The van der Waals surface area contributed by atoms with E-state index < -0.39 is 0 Å². The van der Waals surface area contributed by atoms with Crippen LogP contribution in [0.5, 0.6) is 0 Å². The van der Waals surface area contributed by atoms with Crippen LogP contribution in [-0.4, -0.2) is 15.0 Å². The number of hydrogen-bond acceptors (Lipinski definition) is 6.